The lowest BCUT2D eigenvalue weighted by Gasteiger charge is -2.31. The summed E-state index contributed by atoms with van der Waals surface area (Å²) in [6.45, 7) is 2.30. The van der Waals surface area contributed by atoms with Crippen LogP contribution in [0.1, 0.15) is 28.9 Å². The minimum absolute atomic E-state index is 0.102. The Hall–Kier alpha value is -2.35. The van der Waals surface area contributed by atoms with Gasteiger partial charge in [0.15, 0.2) is 11.0 Å². The molecule has 0 saturated carbocycles. The molecule has 3 heterocycles. The molecule has 0 aliphatic carbocycles. The molecule has 3 rings (SSSR count). The molecule has 1 atom stereocenters. The normalized spacial score (nSPS) is 18.3. The minimum atomic E-state index is -0.594. The summed E-state index contributed by atoms with van der Waals surface area (Å²) in [5.41, 5.74) is 0.840. The maximum absolute atomic E-state index is 12.6. The maximum Gasteiger partial charge on any atom is 0.256 e. The lowest BCUT2D eigenvalue weighted by atomic mass is 10.0. The van der Waals surface area contributed by atoms with Crippen LogP contribution >= 0.6 is 11.6 Å². The van der Waals surface area contributed by atoms with Crippen molar-refractivity contribution in [3.8, 4) is 0 Å². The van der Waals surface area contributed by atoms with Gasteiger partial charge in [0.2, 0.25) is 0 Å². The molecule has 9 heteroatoms. The molecule has 1 fully saturated rings. The van der Waals surface area contributed by atoms with Crippen LogP contribution in [0.3, 0.4) is 0 Å². The molecule has 0 bridgehead atoms. The van der Waals surface area contributed by atoms with Crippen LogP contribution in [-0.2, 0) is 11.8 Å². The molecular weight excluding hydrogens is 320 g/mol. The first-order valence-electron chi connectivity index (χ1n) is 7.29. The maximum atomic E-state index is 12.6. The fourth-order valence-electron chi connectivity index (χ4n) is 2.68. The van der Waals surface area contributed by atoms with E-state index in [-0.39, 0.29) is 16.6 Å². The average molecular weight is 337 g/mol. The van der Waals surface area contributed by atoms with Crippen molar-refractivity contribution in [3.63, 3.8) is 0 Å². The van der Waals surface area contributed by atoms with E-state index < -0.39 is 11.9 Å². The zero-order chi connectivity index (χ0) is 16.6. The number of nitrogens with zero attached hydrogens (tertiary/aromatic N) is 4. The van der Waals surface area contributed by atoms with Crippen molar-refractivity contribution in [3.05, 3.63) is 28.7 Å². The molecule has 1 unspecified atom stereocenters. The van der Waals surface area contributed by atoms with Crippen molar-refractivity contribution in [1.82, 2.24) is 25.3 Å². The Balaban J connectivity index is 1.75. The lowest BCUT2D eigenvalue weighted by molar-refractivity contribution is -0.121. The Morgan fingerprint density at radius 2 is 2.30 bits per heavy atom. The van der Waals surface area contributed by atoms with Gasteiger partial charge in [0.05, 0.1) is 5.56 Å². The van der Waals surface area contributed by atoms with Crippen molar-refractivity contribution in [1.29, 1.82) is 0 Å². The van der Waals surface area contributed by atoms with Crippen LogP contribution < -0.4 is 10.2 Å². The monoisotopic (exact) mass is 336 g/mol. The summed E-state index contributed by atoms with van der Waals surface area (Å²) in [5, 5.41) is 13.5. The molecule has 2 N–H and O–H groups in total. The highest BCUT2D eigenvalue weighted by Crippen LogP contribution is 2.21. The van der Waals surface area contributed by atoms with Gasteiger partial charge >= 0.3 is 0 Å². The van der Waals surface area contributed by atoms with Crippen LogP contribution in [0.5, 0.6) is 0 Å². The van der Waals surface area contributed by atoms with Gasteiger partial charge in [-0.05, 0) is 19.8 Å². The van der Waals surface area contributed by atoms with Crippen LogP contribution in [0.2, 0.25) is 5.15 Å². The number of hydrogen-bond acceptors (Lipinski definition) is 4. The van der Waals surface area contributed by atoms with Gasteiger partial charge in [-0.3, -0.25) is 24.3 Å². The molecule has 2 amide bonds. The van der Waals surface area contributed by atoms with Gasteiger partial charge in [0.25, 0.3) is 11.8 Å². The minimum Gasteiger partial charge on any atom is -0.340 e. The van der Waals surface area contributed by atoms with Crippen molar-refractivity contribution in [2.75, 3.05) is 11.4 Å². The Morgan fingerprint density at radius 3 is 2.91 bits per heavy atom. The van der Waals surface area contributed by atoms with E-state index in [9.17, 15) is 9.59 Å². The van der Waals surface area contributed by atoms with Gasteiger partial charge in [0.1, 0.15) is 6.04 Å². The van der Waals surface area contributed by atoms with Gasteiger partial charge < -0.3 is 5.32 Å². The van der Waals surface area contributed by atoms with Gasteiger partial charge in [-0.15, -0.1) is 0 Å². The number of rotatable bonds is 3. The molecule has 0 spiro atoms. The number of nitrogens with one attached hydrogen (secondary N) is 2. The average Bonchev–Trinajstić information content (AvgIpc) is 3.07. The van der Waals surface area contributed by atoms with Crippen molar-refractivity contribution < 1.29 is 9.59 Å². The smallest absolute Gasteiger partial charge is 0.256 e. The van der Waals surface area contributed by atoms with E-state index in [1.807, 2.05) is 0 Å². The number of carbonyl (C=O) groups is 2. The summed E-state index contributed by atoms with van der Waals surface area (Å²) >= 11 is 5.91. The summed E-state index contributed by atoms with van der Waals surface area (Å²) in [4.78, 5) is 26.6. The molecule has 0 aromatic carbocycles. The molecule has 2 aromatic rings. The van der Waals surface area contributed by atoms with Crippen molar-refractivity contribution in [2.24, 2.45) is 7.05 Å². The predicted molar refractivity (Wildman–Crippen MR) is 84.4 cm³/mol. The van der Waals surface area contributed by atoms with E-state index in [1.165, 1.54) is 0 Å². The van der Waals surface area contributed by atoms with Crippen LogP contribution in [0, 0.1) is 6.92 Å². The molecule has 1 aliphatic rings. The van der Waals surface area contributed by atoms with E-state index >= 15 is 0 Å². The molecule has 23 heavy (non-hydrogen) atoms. The number of aromatic nitrogens is 4. The third-order valence-electron chi connectivity index (χ3n) is 3.85. The summed E-state index contributed by atoms with van der Waals surface area (Å²) in [7, 11) is 1.79. The van der Waals surface area contributed by atoms with Crippen molar-refractivity contribution >= 4 is 29.2 Å². The zero-order valence-corrected chi connectivity index (χ0v) is 13.6. The number of halogens is 1. The molecule has 122 valence electrons. The molecule has 1 aliphatic heterocycles. The third kappa shape index (κ3) is 2.94. The van der Waals surface area contributed by atoms with E-state index in [4.69, 9.17) is 11.6 Å². The van der Waals surface area contributed by atoms with Gasteiger partial charge in [-0.25, -0.2) is 0 Å². The quantitative estimate of drug-likeness (QED) is 0.875. The van der Waals surface area contributed by atoms with E-state index in [0.717, 1.165) is 6.42 Å². The van der Waals surface area contributed by atoms with Crippen LogP contribution in [0.4, 0.5) is 5.82 Å². The highest BCUT2D eigenvalue weighted by molar-refractivity contribution is 6.32. The number of carbonyl (C=O) groups excluding carboxylic acids is 2. The topological polar surface area (TPSA) is 95.9 Å². The van der Waals surface area contributed by atoms with E-state index in [0.29, 0.717) is 24.5 Å². The van der Waals surface area contributed by atoms with Crippen LogP contribution in [0.15, 0.2) is 12.3 Å². The molecule has 8 nitrogen and oxygen atoms in total. The first kappa shape index (κ1) is 15.5. The number of aryl methyl sites for hydroxylation is 2. The van der Waals surface area contributed by atoms with Crippen LogP contribution in [0.25, 0.3) is 0 Å². The number of H-pyrrole nitrogens is 1. The SMILES string of the molecule is Cc1[nH]nc(Cl)c1C(=O)NC1CCCN(c2ccn(C)n2)C1=O. The highest BCUT2D eigenvalue weighted by atomic mass is 35.5. The first-order valence-corrected chi connectivity index (χ1v) is 7.67. The Bertz CT molecular complexity index is 733. The summed E-state index contributed by atoms with van der Waals surface area (Å²) in [6.07, 6.45) is 3.15. The number of aromatic amines is 1. The summed E-state index contributed by atoms with van der Waals surface area (Å²) < 4.78 is 1.64. The summed E-state index contributed by atoms with van der Waals surface area (Å²) in [6, 6.07) is 1.18. The predicted octanol–water partition coefficient (Wildman–Crippen LogP) is 1.03. The number of piperidine rings is 1. The zero-order valence-electron chi connectivity index (χ0n) is 12.8. The van der Waals surface area contributed by atoms with Gasteiger partial charge in [-0.1, -0.05) is 11.6 Å². The number of hydrogen-bond donors (Lipinski definition) is 2. The second-order valence-electron chi connectivity index (χ2n) is 5.52. The van der Waals surface area contributed by atoms with E-state index in [1.54, 1.807) is 35.8 Å². The third-order valence-corrected chi connectivity index (χ3v) is 4.12. The Kier molecular flexibility index (Phi) is 4.08. The molecular formula is C14H17ClN6O2. The Morgan fingerprint density at radius 1 is 1.52 bits per heavy atom. The Labute approximate surface area is 137 Å². The molecule has 0 radical (unpaired) electrons. The van der Waals surface area contributed by atoms with E-state index in [2.05, 4.69) is 20.6 Å². The molecule has 2 aromatic heterocycles. The second kappa shape index (κ2) is 6.04. The van der Waals surface area contributed by atoms with Crippen LogP contribution in [-0.4, -0.2) is 44.4 Å². The fourth-order valence-corrected chi connectivity index (χ4v) is 2.95. The summed E-state index contributed by atoms with van der Waals surface area (Å²) in [5.74, 6) is 0.0250. The van der Waals surface area contributed by atoms with Crippen molar-refractivity contribution in [2.45, 2.75) is 25.8 Å². The second-order valence-corrected chi connectivity index (χ2v) is 5.88. The van der Waals surface area contributed by atoms with Gasteiger partial charge in [0, 0.05) is 31.5 Å². The first-order chi connectivity index (χ1) is 11.0. The molecule has 1 saturated heterocycles. The highest BCUT2D eigenvalue weighted by Gasteiger charge is 2.32. The number of amides is 2. The van der Waals surface area contributed by atoms with Gasteiger partial charge in [-0.2, -0.15) is 10.2 Å². The largest absolute Gasteiger partial charge is 0.340 e. The number of anilines is 1. The lowest BCUT2D eigenvalue weighted by Crippen LogP contribution is -2.52. The fraction of sp³-hybridized carbons (Fsp3) is 0.429. The standard InChI is InChI=1S/C14H17ClN6O2/c1-8-11(12(15)18-17-8)13(22)16-9-4-3-6-21(14(9)23)10-5-7-20(2)19-10/h5,7,9H,3-4,6H2,1-2H3,(H,16,22)(H,17,18).